The quantitative estimate of drug-likeness (QED) is 0.764. The van der Waals surface area contributed by atoms with Crippen LogP contribution >= 0.6 is 0 Å². The minimum absolute atomic E-state index is 0.110. The highest BCUT2D eigenvalue weighted by molar-refractivity contribution is 5.82. The Kier molecular flexibility index (Phi) is 2.60. The fraction of sp³-hybridized carbons (Fsp3) is 0.364. The smallest absolute Gasteiger partial charge is 0.119 e. The van der Waals surface area contributed by atoms with Gasteiger partial charge in [-0.15, -0.1) is 0 Å². The summed E-state index contributed by atoms with van der Waals surface area (Å²) in [6.07, 6.45) is -0.110. The molecule has 0 spiro atoms. The summed E-state index contributed by atoms with van der Waals surface area (Å²) in [5, 5.41) is 1.98. The van der Waals surface area contributed by atoms with Gasteiger partial charge in [-0.3, -0.25) is 15.4 Å². The molecule has 1 aliphatic rings. The predicted octanol–water partition coefficient (Wildman–Crippen LogP) is 1.34. The number of aryl methyl sites for hydroxylation is 1. The van der Waals surface area contributed by atoms with Crippen molar-refractivity contribution in [1.82, 2.24) is 5.01 Å². The van der Waals surface area contributed by atoms with Crippen molar-refractivity contribution < 1.29 is 0 Å². The van der Waals surface area contributed by atoms with Crippen LogP contribution in [0.1, 0.15) is 12.5 Å². The molecule has 4 nitrogen and oxygen atoms in total. The molecule has 0 aliphatic carbocycles. The van der Waals surface area contributed by atoms with Crippen LogP contribution in [0.5, 0.6) is 0 Å². The number of anilines is 1. The van der Waals surface area contributed by atoms with Gasteiger partial charge in [-0.2, -0.15) is 0 Å². The molecule has 3 N–H and O–H groups in total. The van der Waals surface area contributed by atoms with Crippen molar-refractivity contribution in [3.63, 3.8) is 0 Å². The van der Waals surface area contributed by atoms with Gasteiger partial charge in [0.15, 0.2) is 0 Å². The number of para-hydroxylation sites is 1. The Hall–Kier alpha value is -1.55. The summed E-state index contributed by atoms with van der Waals surface area (Å²) < 4.78 is 0. The molecule has 0 radical (unpaired) electrons. The maximum atomic E-state index is 5.74. The Balaban J connectivity index is 2.11. The van der Waals surface area contributed by atoms with Crippen molar-refractivity contribution in [2.75, 3.05) is 12.0 Å². The summed E-state index contributed by atoms with van der Waals surface area (Å²) in [6, 6.07) is 8.16. The molecule has 15 heavy (non-hydrogen) atoms. The van der Waals surface area contributed by atoms with Crippen LogP contribution in [0.2, 0.25) is 0 Å². The number of nitrogens with one attached hydrogen (secondary N) is 1. The van der Waals surface area contributed by atoms with Gasteiger partial charge < -0.3 is 5.73 Å². The molecule has 2 rings (SSSR count). The molecular formula is C11H16N4. The average Bonchev–Trinajstić information content (AvgIpc) is 2.49. The lowest BCUT2D eigenvalue weighted by Crippen LogP contribution is -2.35. The molecule has 1 aromatic carbocycles. The normalized spacial score (nSPS) is 20.3. The third kappa shape index (κ3) is 2.10. The van der Waals surface area contributed by atoms with Crippen LogP contribution in [-0.4, -0.2) is 23.6 Å². The second-order valence-electron chi connectivity index (χ2n) is 3.78. The number of aliphatic imine (C=N–C) groups is 1. The molecule has 0 fully saturated rings. The molecular weight excluding hydrogens is 188 g/mol. The number of amidine groups is 1. The maximum Gasteiger partial charge on any atom is 0.119 e. The summed E-state index contributed by atoms with van der Waals surface area (Å²) >= 11 is 0. The average molecular weight is 204 g/mol. The van der Waals surface area contributed by atoms with E-state index in [9.17, 15) is 0 Å². The number of nitrogens with zero attached hydrogens (tertiary/aromatic N) is 2. The zero-order valence-electron chi connectivity index (χ0n) is 9.07. The minimum Gasteiger partial charge on any atom is -0.308 e. The largest absolute Gasteiger partial charge is 0.308 e. The van der Waals surface area contributed by atoms with Crippen LogP contribution < -0.4 is 11.2 Å². The first-order valence-electron chi connectivity index (χ1n) is 5.06. The fourth-order valence-corrected chi connectivity index (χ4v) is 1.64. The summed E-state index contributed by atoms with van der Waals surface area (Å²) in [5.74, 6) is 0.936. The van der Waals surface area contributed by atoms with E-state index >= 15 is 0 Å². The van der Waals surface area contributed by atoms with Gasteiger partial charge in [0.1, 0.15) is 12.0 Å². The van der Waals surface area contributed by atoms with E-state index in [1.807, 2.05) is 30.1 Å². The highest BCUT2D eigenvalue weighted by Gasteiger charge is 2.18. The lowest BCUT2D eigenvalue weighted by atomic mass is 10.2. The summed E-state index contributed by atoms with van der Waals surface area (Å²) in [5.41, 5.74) is 11.4. The van der Waals surface area contributed by atoms with E-state index in [4.69, 9.17) is 5.73 Å². The van der Waals surface area contributed by atoms with Gasteiger partial charge in [-0.1, -0.05) is 18.2 Å². The van der Waals surface area contributed by atoms with E-state index in [0.717, 1.165) is 18.1 Å². The zero-order chi connectivity index (χ0) is 10.8. The molecule has 1 atom stereocenters. The van der Waals surface area contributed by atoms with Crippen LogP contribution in [0.3, 0.4) is 0 Å². The Morgan fingerprint density at radius 3 is 2.73 bits per heavy atom. The van der Waals surface area contributed by atoms with Crippen molar-refractivity contribution in [1.29, 1.82) is 0 Å². The first-order valence-corrected chi connectivity index (χ1v) is 5.06. The highest BCUT2D eigenvalue weighted by atomic mass is 15.6. The monoisotopic (exact) mass is 204 g/mol. The van der Waals surface area contributed by atoms with E-state index in [2.05, 4.69) is 23.4 Å². The number of hydrazine groups is 1. The van der Waals surface area contributed by atoms with E-state index in [1.54, 1.807) is 0 Å². The molecule has 4 heteroatoms. The second-order valence-corrected chi connectivity index (χ2v) is 3.78. The van der Waals surface area contributed by atoms with Crippen LogP contribution in [0, 0.1) is 6.92 Å². The van der Waals surface area contributed by atoms with Gasteiger partial charge in [0.05, 0.1) is 12.2 Å². The lowest BCUT2D eigenvalue weighted by Gasteiger charge is -2.22. The molecule has 0 saturated heterocycles. The molecule has 1 aromatic rings. The van der Waals surface area contributed by atoms with Crippen molar-refractivity contribution in [3.8, 4) is 0 Å². The van der Waals surface area contributed by atoms with Crippen molar-refractivity contribution in [2.24, 2.45) is 10.7 Å². The third-order valence-corrected chi connectivity index (χ3v) is 2.51. The SMILES string of the molecule is CC1=NC(N)CN1Nc1ccccc1C. The Morgan fingerprint density at radius 1 is 1.40 bits per heavy atom. The van der Waals surface area contributed by atoms with Gasteiger partial charge in [0.25, 0.3) is 0 Å². The number of hydrogen-bond donors (Lipinski definition) is 2. The van der Waals surface area contributed by atoms with Crippen molar-refractivity contribution in [2.45, 2.75) is 20.0 Å². The minimum atomic E-state index is -0.110. The molecule has 1 heterocycles. The standard InChI is InChI=1S/C11H16N4/c1-8-5-3-4-6-10(8)14-15-7-11(12)13-9(15)2/h3-6,11,14H,7,12H2,1-2H3. The van der Waals surface area contributed by atoms with E-state index in [0.29, 0.717) is 0 Å². The first kappa shape index (κ1) is 9.98. The van der Waals surface area contributed by atoms with E-state index in [-0.39, 0.29) is 6.17 Å². The van der Waals surface area contributed by atoms with Crippen molar-refractivity contribution >= 4 is 11.5 Å². The molecule has 0 bridgehead atoms. The van der Waals surface area contributed by atoms with Gasteiger partial charge in [-0.05, 0) is 25.5 Å². The summed E-state index contributed by atoms with van der Waals surface area (Å²) in [6.45, 7) is 4.75. The van der Waals surface area contributed by atoms with Crippen molar-refractivity contribution in [3.05, 3.63) is 29.8 Å². The number of nitrogens with two attached hydrogens (primary N) is 1. The molecule has 0 saturated carbocycles. The lowest BCUT2D eigenvalue weighted by molar-refractivity contribution is 0.495. The van der Waals surface area contributed by atoms with Gasteiger partial charge in [0.2, 0.25) is 0 Å². The molecule has 0 amide bonds. The summed E-state index contributed by atoms with van der Waals surface area (Å²) in [7, 11) is 0. The molecule has 0 aromatic heterocycles. The number of benzene rings is 1. The van der Waals surface area contributed by atoms with Crippen LogP contribution in [0.15, 0.2) is 29.3 Å². The Labute approximate surface area is 89.8 Å². The molecule has 80 valence electrons. The van der Waals surface area contributed by atoms with Gasteiger partial charge in [0, 0.05) is 0 Å². The highest BCUT2D eigenvalue weighted by Crippen LogP contribution is 2.16. The number of rotatable bonds is 2. The van der Waals surface area contributed by atoms with Gasteiger partial charge >= 0.3 is 0 Å². The van der Waals surface area contributed by atoms with Crippen LogP contribution in [0.4, 0.5) is 5.69 Å². The van der Waals surface area contributed by atoms with Crippen LogP contribution in [-0.2, 0) is 0 Å². The Morgan fingerprint density at radius 2 is 2.13 bits per heavy atom. The predicted molar refractivity (Wildman–Crippen MR) is 62.6 cm³/mol. The zero-order valence-corrected chi connectivity index (χ0v) is 9.07. The molecule has 1 aliphatic heterocycles. The fourth-order valence-electron chi connectivity index (χ4n) is 1.64. The third-order valence-electron chi connectivity index (χ3n) is 2.51. The number of hydrogen-bond acceptors (Lipinski definition) is 4. The van der Waals surface area contributed by atoms with Gasteiger partial charge in [-0.25, -0.2) is 0 Å². The first-order chi connectivity index (χ1) is 7.16. The topological polar surface area (TPSA) is 53.6 Å². The van der Waals surface area contributed by atoms with E-state index < -0.39 is 0 Å². The summed E-state index contributed by atoms with van der Waals surface area (Å²) in [4.78, 5) is 4.25. The second kappa shape index (κ2) is 3.90. The maximum absolute atomic E-state index is 5.74. The van der Waals surface area contributed by atoms with E-state index in [1.165, 1.54) is 5.56 Å². The van der Waals surface area contributed by atoms with Crippen LogP contribution in [0.25, 0.3) is 0 Å². The Bertz CT molecular complexity index is 386. The molecule has 1 unspecified atom stereocenters.